The fourth-order valence-electron chi connectivity index (χ4n) is 1.22. The van der Waals surface area contributed by atoms with Gasteiger partial charge in [0.2, 0.25) is 0 Å². The Morgan fingerprint density at radius 2 is 2.07 bits per heavy atom. The maximum absolute atomic E-state index is 11.5. The summed E-state index contributed by atoms with van der Waals surface area (Å²) in [6.07, 6.45) is 2.67. The van der Waals surface area contributed by atoms with E-state index in [-0.39, 0.29) is 5.97 Å². The van der Waals surface area contributed by atoms with Gasteiger partial charge in [-0.25, -0.2) is 4.79 Å². The lowest BCUT2D eigenvalue weighted by Gasteiger charge is -2.10. The minimum absolute atomic E-state index is 0.352. The van der Waals surface area contributed by atoms with Crippen molar-refractivity contribution in [1.29, 1.82) is 0 Å². The van der Waals surface area contributed by atoms with Crippen LogP contribution in [0.1, 0.15) is 26.2 Å². The van der Waals surface area contributed by atoms with Crippen molar-refractivity contribution in [1.82, 2.24) is 0 Å². The molecule has 3 nitrogen and oxygen atoms in total. The molecule has 0 aliphatic heterocycles. The van der Waals surface area contributed by atoms with Crippen LogP contribution in [-0.2, 0) is 4.79 Å². The molecule has 0 saturated carbocycles. The number of carbonyl (C=O) groups excluding carboxylic acids is 1. The molecular weight excluding hydrogens is 190 g/mol. The van der Waals surface area contributed by atoms with Crippen LogP contribution in [-0.4, -0.2) is 12.0 Å². The van der Waals surface area contributed by atoms with Crippen LogP contribution in [0.3, 0.4) is 0 Å². The summed E-state index contributed by atoms with van der Waals surface area (Å²) in [6, 6.07) is 8.48. The SMILES string of the molecule is CCCCC(N)C(=O)Oc1ccccc1. The number of nitrogens with two attached hydrogens (primary N) is 1. The number of ether oxygens (including phenoxy) is 1. The van der Waals surface area contributed by atoms with Gasteiger partial charge < -0.3 is 10.5 Å². The van der Waals surface area contributed by atoms with Gasteiger partial charge in [0, 0.05) is 0 Å². The summed E-state index contributed by atoms with van der Waals surface area (Å²) >= 11 is 0. The number of carbonyl (C=O) groups is 1. The van der Waals surface area contributed by atoms with Gasteiger partial charge in [-0.3, -0.25) is 0 Å². The van der Waals surface area contributed by atoms with Crippen molar-refractivity contribution in [3.8, 4) is 5.75 Å². The van der Waals surface area contributed by atoms with E-state index >= 15 is 0 Å². The Labute approximate surface area is 90.2 Å². The second-order valence-electron chi connectivity index (χ2n) is 3.48. The zero-order valence-corrected chi connectivity index (χ0v) is 8.98. The molecule has 0 aliphatic carbocycles. The lowest BCUT2D eigenvalue weighted by molar-refractivity contribution is -0.136. The van der Waals surface area contributed by atoms with Gasteiger partial charge in [-0.1, -0.05) is 38.0 Å². The Hall–Kier alpha value is -1.35. The quantitative estimate of drug-likeness (QED) is 0.594. The molecule has 15 heavy (non-hydrogen) atoms. The molecule has 2 N–H and O–H groups in total. The lowest BCUT2D eigenvalue weighted by Crippen LogP contribution is -2.34. The zero-order chi connectivity index (χ0) is 11.1. The highest BCUT2D eigenvalue weighted by atomic mass is 16.5. The van der Waals surface area contributed by atoms with E-state index in [1.165, 1.54) is 0 Å². The fraction of sp³-hybridized carbons (Fsp3) is 0.417. The number of hydrogen-bond acceptors (Lipinski definition) is 3. The molecule has 3 heteroatoms. The predicted molar refractivity (Wildman–Crippen MR) is 59.6 cm³/mol. The smallest absolute Gasteiger partial charge is 0.328 e. The number of rotatable bonds is 5. The molecular formula is C12H17NO2. The average Bonchev–Trinajstić information content (AvgIpc) is 2.27. The van der Waals surface area contributed by atoms with E-state index in [1.807, 2.05) is 18.2 Å². The van der Waals surface area contributed by atoms with Crippen molar-refractivity contribution < 1.29 is 9.53 Å². The Bertz CT molecular complexity index is 298. The molecule has 1 atom stereocenters. The highest BCUT2D eigenvalue weighted by molar-refractivity contribution is 5.77. The molecule has 1 aromatic rings. The molecule has 0 radical (unpaired) electrons. The van der Waals surface area contributed by atoms with E-state index < -0.39 is 6.04 Å². The largest absolute Gasteiger partial charge is 0.425 e. The first kappa shape index (κ1) is 11.7. The average molecular weight is 207 g/mol. The van der Waals surface area contributed by atoms with Crippen LogP contribution < -0.4 is 10.5 Å². The van der Waals surface area contributed by atoms with Crippen LogP contribution in [0, 0.1) is 0 Å². The van der Waals surface area contributed by atoms with E-state index in [9.17, 15) is 4.79 Å². The monoisotopic (exact) mass is 207 g/mol. The maximum Gasteiger partial charge on any atom is 0.328 e. The summed E-state index contributed by atoms with van der Waals surface area (Å²) in [5, 5.41) is 0. The third-order valence-corrected chi connectivity index (χ3v) is 2.13. The van der Waals surface area contributed by atoms with Crippen LogP contribution in [0.5, 0.6) is 5.75 Å². The van der Waals surface area contributed by atoms with E-state index in [0.29, 0.717) is 12.2 Å². The molecule has 0 aliphatic rings. The molecule has 0 heterocycles. The molecule has 0 fully saturated rings. The van der Waals surface area contributed by atoms with E-state index in [4.69, 9.17) is 10.5 Å². The number of benzene rings is 1. The first-order valence-corrected chi connectivity index (χ1v) is 5.26. The molecule has 1 aromatic carbocycles. The fourth-order valence-corrected chi connectivity index (χ4v) is 1.22. The number of hydrogen-bond donors (Lipinski definition) is 1. The van der Waals surface area contributed by atoms with Gasteiger partial charge >= 0.3 is 5.97 Å². The third kappa shape index (κ3) is 4.13. The number of esters is 1. The molecule has 0 saturated heterocycles. The van der Waals surface area contributed by atoms with Gasteiger partial charge in [-0.15, -0.1) is 0 Å². The van der Waals surface area contributed by atoms with Crippen LogP contribution in [0.2, 0.25) is 0 Å². The molecule has 0 aromatic heterocycles. The van der Waals surface area contributed by atoms with Gasteiger partial charge in [0.05, 0.1) is 0 Å². The Balaban J connectivity index is 2.42. The van der Waals surface area contributed by atoms with Crippen molar-refractivity contribution in [3.63, 3.8) is 0 Å². The minimum atomic E-state index is -0.509. The Morgan fingerprint density at radius 1 is 1.40 bits per heavy atom. The predicted octanol–water partition coefficient (Wildman–Crippen LogP) is 2.11. The maximum atomic E-state index is 11.5. The first-order valence-electron chi connectivity index (χ1n) is 5.26. The van der Waals surface area contributed by atoms with Crippen molar-refractivity contribution in [2.45, 2.75) is 32.2 Å². The van der Waals surface area contributed by atoms with E-state index in [2.05, 4.69) is 6.92 Å². The zero-order valence-electron chi connectivity index (χ0n) is 8.98. The third-order valence-electron chi connectivity index (χ3n) is 2.13. The molecule has 0 amide bonds. The van der Waals surface area contributed by atoms with Crippen LogP contribution in [0.15, 0.2) is 30.3 Å². The van der Waals surface area contributed by atoms with Crippen LogP contribution >= 0.6 is 0 Å². The highest BCUT2D eigenvalue weighted by Crippen LogP contribution is 2.10. The van der Waals surface area contributed by atoms with Gasteiger partial charge in [-0.2, -0.15) is 0 Å². The highest BCUT2D eigenvalue weighted by Gasteiger charge is 2.14. The Morgan fingerprint density at radius 3 is 2.67 bits per heavy atom. The Kier molecular flexibility index (Phi) is 4.84. The first-order chi connectivity index (χ1) is 7.24. The summed E-state index contributed by atoms with van der Waals surface area (Å²) in [7, 11) is 0. The molecule has 82 valence electrons. The number of para-hydroxylation sites is 1. The van der Waals surface area contributed by atoms with Crippen LogP contribution in [0.4, 0.5) is 0 Å². The van der Waals surface area contributed by atoms with Crippen molar-refractivity contribution in [2.24, 2.45) is 5.73 Å². The van der Waals surface area contributed by atoms with Crippen LogP contribution in [0.25, 0.3) is 0 Å². The van der Waals surface area contributed by atoms with Gasteiger partial charge in [-0.05, 0) is 18.6 Å². The van der Waals surface area contributed by atoms with Gasteiger partial charge in [0.25, 0.3) is 0 Å². The lowest BCUT2D eigenvalue weighted by atomic mass is 10.1. The number of unbranched alkanes of at least 4 members (excludes halogenated alkanes) is 1. The molecule has 1 unspecified atom stereocenters. The van der Waals surface area contributed by atoms with Gasteiger partial charge in [0.15, 0.2) is 0 Å². The molecule has 0 bridgehead atoms. The normalized spacial score (nSPS) is 12.1. The topological polar surface area (TPSA) is 52.3 Å². The summed E-state index contributed by atoms with van der Waals surface area (Å²) in [6.45, 7) is 2.06. The van der Waals surface area contributed by atoms with Gasteiger partial charge in [0.1, 0.15) is 11.8 Å². The van der Waals surface area contributed by atoms with Crippen molar-refractivity contribution >= 4 is 5.97 Å². The second kappa shape index (κ2) is 6.19. The minimum Gasteiger partial charge on any atom is -0.425 e. The summed E-state index contributed by atoms with van der Waals surface area (Å²) in [4.78, 5) is 11.5. The standard InChI is InChI=1S/C12H17NO2/c1-2-3-9-11(13)12(14)15-10-7-5-4-6-8-10/h4-8,11H,2-3,9,13H2,1H3. The molecule has 1 rings (SSSR count). The summed E-state index contributed by atoms with van der Waals surface area (Å²) in [5.74, 6) is 0.198. The van der Waals surface area contributed by atoms with E-state index in [1.54, 1.807) is 12.1 Å². The summed E-state index contributed by atoms with van der Waals surface area (Å²) in [5.41, 5.74) is 5.68. The summed E-state index contributed by atoms with van der Waals surface area (Å²) < 4.78 is 5.11. The van der Waals surface area contributed by atoms with Crippen molar-refractivity contribution in [2.75, 3.05) is 0 Å². The van der Waals surface area contributed by atoms with Crippen molar-refractivity contribution in [3.05, 3.63) is 30.3 Å². The molecule has 0 spiro atoms. The van der Waals surface area contributed by atoms with E-state index in [0.717, 1.165) is 12.8 Å². The second-order valence-corrected chi connectivity index (χ2v) is 3.48.